The average Bonchev–Trinajstić information content (AvgIpc) is 3.32. The summed E-state index contributed by atoms with van der Waals surface area (Å²) in [6.07, 6.45) is 53.5. The van der Waals surface area contributed by atoms with Crippen LogP contribution < -0.4 is 5.32 Å². The molecule has 0 aromatic carbocycles. The second-order valence-corrected chi connectivity index (χ2v) is 19.7. The monoisotopic (exact) mass is 934 g/mol. The lowest BCUT2D eigenvalue weighted by Gasteiger charge is -2.40. The van der Waals surface area contributed by atoms with Gasteiger partial charge in [0.15, 0.2) is 6.29 Å². The average molecular weight is 934 g/mol. The van der Waals surface area contributed by atoms with E-state index in [0.717, 1.165) is 44.9 Å². The molecule has 9 heteroatoms. The van der Waals surface area contributed by atoms with Gasteiger partial charge in [-0.05, 0) is 44.9 Å². The summed E-state index contributed by atoms with van der Waals surface area (Å²) in [5.74, 6) is -0.186. The first-order chi connectivity index (χ1) is 32.3. The Labute approximate surface area is 406 Å². The van der Waals surface area contributed by atoms with E-state index in [1.165, 1.54) is 199 Å². The maximum atomic E-state index is 13.0. The third-order valence-electron chi connectivity index (χ3n) is 13.4. The van der Waals surface area contributed by atoms with Crippen molar-refractivity contribution in [2.24, 2.45) is 0 Å². The molecule has 1 heterocycles. The fraction of sp³-hybridized carbons (Fsp3) is 0.877. The largest absolute Gasteiger partial charge is 0.394 e. The van der Waals surface area contributed by atoms with Crippen molar-refractivity contribution in [2.45, 2.75) is 307 Å². The summed E-state index contributed by atoms with van der Waals surface area (Å²) in [6, 6.07) is -0.826. The number of unbranched alkanes of at least 4 members (excludes halogenated alkanes) is 34. The van der Waals surface area contributed by atoms with E-state index in [2.05, 4.69) is 43.5 Å². The van der Waals surface area contributed by atoms with Gasteiger partial charge < -0.3 is 40.3 Å². The highest BCUT2D eigenvalue weighted by atomic mass is 16.7. The SMILES string of the molecule is CCCCCCCCCCCCCCC/C=C/CC/C=C/CC/C=C/C(O)C(COC1OC(CO)C(O)C(O)C1O)NC(=O)CCCCCCCCCCCCCCCCCCCCCC. The first-order valence-corrected chi connectivity index (χ1v) is 28.2. The van der Waals surface area contributed by atoms with Crippen LogP contribution in [0, 0.1) is 0 Å². The number of nitrogens with one attached hydrogen (secondary N) is 1. The first kappa shape index (κ1) is 62.4. The molecule has 0 radical (unpaired) electrons. The van der Waals surface area contributed by atoms with Crippen LogP contribution in [0.2, 0.25) is 0 Å². The van der Waals surface area contributed by atoms with Gasteiger partial charge >= 0.3 is 0 Å². The topological polar surface area (TPSA) is 149 Å². The third kappa shape index (κ3) is 36.4. The van der Waals surface area contributed by atoms with Crippen molar-refractivity contribution in [1.82, 2.24) is 5.32 Å². The van der Waals surface area contributed by atoms with Crippen LogP contribution in [0.15, 0.2) is 36.5 Å². The summed E-state index contributed by atoms with van der Waals surface area (Å²) >= 11 is 0. The lowest BCUT2D eigenvalue weighted by Crippen LogP contribution is -2.60. The Balaban J connectivity index is 2.28. The maximum absolute atomic E-state index is 13.0. The van der Waals surface area contributed by atoms with Crippen molar-refractivity contribution >= 4 is 5.91 Å². The minimum atomic E-state index is -1.57. The second kappa shape index (κ2) is 47.1. The number of ether oxygens (including phenoxy) is 2. The molecule has 388 valence electrons. The zero-order chi connectivity index (χ0) is 48.0. The molecule has 1 aliphatic heterocycles. The molecule has 66 heavy (non-hydrogen) atoms. The molecular weight excluding hydrogens is 827 g/mol. The zero-order valence-electron chi connectivity index (χ0n) is 43.0. The molecule has 0 aromatic heterocycles. The van der Waals surface area contributed by atoms with E-state index in [1.54, 1.807) is 6.08 Å². The Morgan fingerprint density at radius 1 is 0.500 bits per heavy atom. The highest BCUT2D eigenvalue weighted by Gasteiger charge is 2.44. The maximum Gasteiger partial charge on any atom is 0.220 e. The predicted octanol–water partition coefficient (Wildman–Crippen LogP) is 13.6. The van der Waals surface area contributed by atoms with Gasteiger partial charge in [0.05, 0.1) is 25.4 Å². The Kier molecular flexibility index (Phi) is 44.6. The summed E-state index contributed by atoms with van der Waals surface area (Å²) in [7, 11) is 0. The molecule has 0 spiro atoms. The fourth-order valence-corrected chi connectivity index (χ4v) is 8.96. The summed E-state index contributed by atoms with van der Waals surface area (Å²) in [5, 5.41) is 54.4. The van der Waals surface area contributed by atoms with Crippen molar-refractivity contribution in [3.05, 3.63) is 36.5 Å². The summed E-state index contributed by atoms with van der Waals surface area (Å²) in [5.41, 5.74) is 0. The van der Waals surface area contributed by atoms with Crippen LogP contribution >= 0.6 is 0 Å². The molecular formula is C57H107NO8. The summed E-state index contributed by atoms with van der Waals surface area (Å²) < 4.78 is 11.2. The minimum Gasteiger partial charge on any atom is -0.394 e. The lowest BCUT2D eigenvalue weighted by atomic mass is 9.99. The second-order valence-electron chi connectivity index (χ2n) is 19.7. The van der Waals surface area contributed by atoms with Crippen molar-refractivity contribution in [3.8, 4) is 0 Å². The van der Waals surface area contributed by atoms with Crippen LogP contribution in [0.5, 0.6) is 0 Å². The van der Waals surface area contributed by atoms with Gasteiger partial charge in [0.2, 0.25) is 5.91 Å². The molecule has 9 nitrogen and oxygen atoms in total. The molecule has 7 atom stereocenters. The number of hydrogen-bond donors (Lipinski definition) is 6. The molecule has 1 rings (SSSR count). The van der Waals surface area contributed by atoms with Crippen molar-refractivity contribution in [1.29, 1.82) is 0 Å². The van der Waals surface area contributed by atoms with Crippen LogP contribution in [0.25, 0.3) is 0 Å². The van der Waals surface area contributed by atoms with Gasteiger partial charge in [-0.3, -0.25) is 4.79 Å². The number of carbonyl (C=O) groups excluding carboxylic acids is 1. The Bertz CT molecular complexity index is 1130. The number of allylic oxidation sites excluding steroid dienone is 5. The third-order valence-corrected chi connectivity index (χ3v) is 13.4. The molecule has 1 saturated heterocycles. The van der Waals surface area contributed by atoms with E-state index in [-0.39, 0.29) is 12.5 Å². The van der Waals surface area contributed by atoms with Crippen LogP contribution in [-0.4, -0.2) is 87.5 Å². The Morgan fingerprint density at radius 3 is 1.27 bits per heavy atom. The van der Waals surface area contributed by atoms with Gasteiger partial charge in [-0.1, -0.05) is 249 Å². The molecule has 0 saturated carbocycles. The first-order valence-electron chi connectivity index (χ1n) is 28.2. The molecule has 7 unspecified atom stereocenters. The summed E-state index contributed by atoms with van der Waals surface area (Å²) in [4.78, 5) is 13.0. The van der Waals surface area contributed by atoms with E-state index < -0.39 is 49.5 Å². The standard InChI is InChI=1S/C57H107NO8/c1-3-5-7-9-11-13-15-17-19-21-23-25-26-27-28-30-32-34-36-38-40-42-44-46-51(60)50(49-65-57-56(64)55(63)54(62)52(48-59)66-57)58-53(61)47-45-43-41-39-37-35-33-31-29-24-22-20-18-16-14-12-10-8-6-4-2/h28,30,36,38,44,46,50-52,54-57,59-60,62-64H,3-27,29,31-35,37,39-43,45,47-49H2,1-2H3,(H,58,61)/b30-28+,38-36+,46-44+. The van der Waals surface area contributed by atoms with Crippen LogP contribution in [0.3, 0.4) is 0 Å². The van der Waals surface area contributed by atoms with E-state index in [0.29, 0.717) is 6.42 Å². The molecule has 1 fully saturated rings. The summed E-state index contributed by atoms with van der Waals surface area (Å²) in [6.45, 7) is 3.79. The number of rotatable bonds is 48. The Morgan fingerprint density at radius 2 is 0.864 bits per heavy atom. The highest BCUT2D eigenvalue weighted by Crippen LogP contribution is 2.23. The van der Waals surface area contributed by atoms with Gasteiger partial charge in [-0.15, -0.1) is 0 Å². The number of aliphatic hydroxyl groups is 5. The number of carbonyl (C=O) groups is 1. The van der Waals surface area contributed by atoms with E-state index >= 15 is 0 Å². The fourth-order valence-electron chi connectivity index (χ4n) is 8.96. The molecule has 0 aromatic rings. The Hall–Kier alpha value is -1.59. The smallest absolute Gasteiger partial charge is 0.220 e. The van der Waals surface area contributed by atoms with Gasteiger partial charge in [0.1, 0.15) is 24.4 Å². The number of hydrogen-bond acceptors (Lipinski definition) is 8. The van der Waals surface area contributed by atoms with Crippen molar-refractivity contribution < 1.29 is 39.8 Å². The number of amides is 1. The number of aliphatic hydroxyl groups excluding tert-OH is 5. The van der Waals surface area contributed by atoms with Crippen LogP contribution in [0.1, 0.15) is 264 Å². The lowest BCUT2D eigenvalue weighted by molar-refractivity contribution is -0.302. The van der Waals surface area contributed by atoms with Gasteiger partial charge in [-0.2, -0.15) is 0 Å². The normalized spacial score (nSPS) is 20.0. The van der Waals surface area contributed by atoms with Gasteiger partial charge in [0.25, 0.3) is 0 Å². The van der Waals surface area contributed by atoms with Crippen molar-refractivity contribution in [3.63, 3.8) is 0 Å². The molecule has 1 aliphatic rings. The zero-order valence-corrected chi connectivity index (χ0v) is 43.0. The van der Waals surface area contributed by atoms with Crippen molar-refractivity contribution in [2.75, 3.05) is 13.2 Å². The quantitative estimate of drug-likeness (QED) is 0.0261. The highest BCUT2D eigenvalue weighted by molar-refractivity contribution is 5.76. The minimum absolute atomic E-state index is 0.186. The van der Waals surface area contributed by atoms with Crippen LogP contribution in [0.4, 0.5) is 0 Å². The van der Waals surface area contributed by atoms with Gasteiger partial charge in [0, 0.05) is 6.42 Å². The molecule has 0 bridgehead atoms. The van der Waals surface area contributed by atoms with E-state index in [1.807, 2.05) is 6.08 Å². The van der Waals surface area contributed by atoms with E-state index in [4.69, 9.17) is 9.47 Å². The van der Waals surface area contributed by atoms with Gasteiger partial charge in [-0.25, -0.2) is 0 Å². The predicted molar refractivity (Wildman–Crippen MR) is 276 cm³/mol. The van der Waals surface area contributed by atoms with E-state index in [9.17, 15) is 30.3 Å². The molecule has 6 N–H and O–H groups in total. The molecule has 1 amide bonds. The molecule has 0 aliphatic carbocycles. The van der Waals surface area contributed by atoms with Crippen LogP contribution in [-0.2, 0) is 14.3 Å².